The predicted octanol–water partition coefficient (Wildman–Crippen LogP) is -0.204. The molecule has 5 nitrogen and oxygen atoms in total. The molecular weight excluding hydrogens is 190 g/mol. The van der Waals surface area contributed by atoms with Gasteiger partial charge in [0.1, 0.15) is 5.84 Å². The van der Waals surface area contributed by atoms with Crippen LogP contribution in [0.2, 0.25) is 0 Å². The van der Waals surface area contributed by atoms with Crippen molar-refractivity contribution in [2.24, 2.45) is 10.1 Å². The minimum atomic E-state index is -3.60. The van der Waals surface area contributed by atoms with Crippen molar-refractivity contribution < 1.29 is 8.42 Å². The van der Waals surface area contributed by atoms with Crippen molar-refractivity contribution >= 4 is 16.0 Å². The van der Waals surface area contributed by atoms with Gasteiger partial charge in [-0.3, -0.25) is 4.72 Å². The number of hydrogen-bond donors (Lipinski definition) is 2. The first-order valence-corrected chi connectivity index (χ1v) is 5.31. The van der Waals surface area contributed by atoms with Crippen LogP contribution >= 0.6 is 0 Å². The highest BCUT2D eigenvalue weighted by Crippen LogP contribution is 2.21. The fraction of sp³-hybridized carbons (Fsp3) is 0.286. The van der Waals surface area contributed by atoms with Crippen LogP contribution in [0.3, 0.4) is 0 Å². The van der Waals surface area contributed by atoms with Crippen molar-refractivity contribution in [3.05, 3.63) is 23.4 Å². The van der Waals surface area contributed by atoms with Crippen LogP contribution in [0.15, 0.2) is 27.8 Å². The number of nitrogens with two attached hydrogens (primary N) is 1. The van der Waals surface area contributed by atoms with Crippen molar-refractivity contribution in [2.45, 2.75) is 12.8 Å². The molecule has 0 saturated carbocycles. The Balaban J connectivity index is 2.52. The summed E-state index contributed by atoms with van der Waals surface area (Å²) in [5.41, 5.74) is 6.85. The van der Waals surface area contributed by atoms with E-state index in [-0.39, 0.29) is 5.84 Å². The average Bonchev–Trinajstić information content (AvgIpc) is 2.02. The van der Waals surface area contributed by atoms with Gasteiger partial charge in [0.15, 0.2) is 0 Å². The third-order valence-electron chi connectivity index (χ3n) is 1.94. The first-order valence-electron chi connectivity index (χ1n) is 3.87. The normalized spacial score (nSPS) is 24.8. The van der Waals surface area contributed by atoms with Gasteiger partial charge in [-0.2, -0.15) is 8.42 Å². The van der Waals surface area contributed by atoms with Gasteiger partial charge < -0.3 is 5.73 Å². The Labute approximate surface area is 76.2 Å². The number of amidine groups is 1. The smallest absolute Gasteiger partial charge is 0.344 e. The zero-order chi connectivity index (χ0) is 9.47. The zero-order valence-electron chi connectivity index (χ0n) is 6.82. The van der Waals surface area contributed by atoms with Crippen molar-refractivity contribution in [1.82, 2.24) is 4.72 Å². The van der Waals surface area contributed by atoms with Gasteiger partial charge >= 0.3 is 10.2 Å². The van der Waals surface area contributed by atoms with Crippen LogP contribution in [0.25, 0.3) is 0 Å². The van der Waals surface area contributed by atoms with Gasteiger partial charge in [-0.05, 0) is 18.9 Å². The highest BCUT2D eigenvalue weighted by atomic mass is 32.2. The van der Waals surface area contributed by atoms with Gasteiger partial charge in [0.2, 0.25) is 0 Å². The molecule has 13 heavy (non-hydrogen) atoms. The summed E-state index contributed by atoms with van der Waals surface area (Å²) < 4.78 is 27.8. The molecule has 0 atom stereocenters. The summed E-state index contributed by atoms with van der Waals surface area (Å²) in [6.45, 7) is 0. The molecule has 0 radical (unpaired) electrons. The molecule has 2 rings (SSSR count). The second-order valence-corrected chi connectivity index (χ2v) is 4.22. The molecule has 0 aromatic carbocycles. The van der Waals surface area contributed by atoms with Gasteiger partial charge in [0.25, 0.3) is 0 Å². The monoisotopic (exact) mass is 199 g/mol. The molecule has 1 aliphatic carbocycles. The molecule has 1 heterocycles. The maximum atomic E-state index is 11.1. The number of hydrogen-bond acceptors (Lipinski definition) is 3. The van der Waals surface area contributed by atoms with Crippen LogP contribution in [0.5, 0.6) is 0 Å². The molecule has 1 aliphatic heterocycles. The van der Waals surface area contributed by atoms with Gasteiger partial charge in [0.05, 0.1) is 5.70 Å². The molecule has 3 N–H and O–H groups in total. The molecule has 0 bridgehead atoms. The number of nitrogens with zero attached hydrogens (tertiary/aromatic N) is 1. The Hall–Kier alpha value is -1.30. The zero-order valence-corrected chi connectivity index (χ0v) is 7.63. The largest absolute Gasteiger partial charge is 0.383 e. The lowest BCUT2D eigenvalue weighted by atomic mass is 10.0. The second kappa shape index (κ2) is 2.59. The molecule has 6 heteroatoms. The first-order chi connectivity index (χ1) is 6.08. The Morgan fingerprint density at radius 2 is 2.31 bits per heavy atom. The van der Waals surface area contributed by atoms with Gasteiger partial charge in [-0.25, -0.2) is 0 Å². The first kappa shape index (κ1) is 8.31. The number of allylic oxidation sites excluding steroid dienone is 2. The van der Waals surface area contributed by atoms with Gasteiger partial charge in [0, 0.05) is 5.57 Å². The van der Waals surface area contributed by atoms with E-state index in [9.17, 15) is 8.42 Å². The van der Waals surface area contributed by atoms with Crippen LogP contribution in [0, 0.1) is 0 Å². The summed E-state index contributed by atoms with van der Waals surface area (Å²) in [4.78, 5) is 0. The van der Waals surface area contributed by atoms with Crippen molar-refractivity contribution in [1.29, 1.82) is 0 Å². The molecule has 0 spiro atoms. The summed E-state index contributed by atoms with van der Waals surface area (Å²) in [6.07, 6.45) is 5.23. The van der Waals surface area contributed by atoms with Crippen LogP contribution in [0.1, 0.15) is 12.8 Å². The summed E-state index contributed by atoms with van der Waals surface area (Å²) >= 11 is 0. The molecule has 0 amide bonds. The van der Waals surface area contributed by atoms with E-state index < -0.39 is 10.2 Å². The molecule has 70 valence electrons. The summed E-state index contributed by atoms with van der Waals surface area (Å²) in [7, 11) is -3.60. The highest BCUT2D eigenvalue weighted by molar-refractivity contribution is 7.88. The summed E-state index contributed by atoms with van der Waals surface area (Å²) in [5.74, 6) is 0.109. The van der Waals surface area contributed by atoms with Crippen molar-refractivity contribution in [3.63, 3.8) is 0 Å². The van der Waals surface area contributed by atoms with Crippen molar-refractivity contribution in [2.75, 3.05) is 0 Å². The lowest BCUT2D eigenvalue weighted by molar-refractivity contribution is 0.589. The topological polar surface area (TPSA) is 84.5 Å². The molecule has 0 saturated heterocycles. The Bertz CT molecular complexity index is 431. The van der Waals surface area contributed by atoms with Crippen molar-refractivity contribution in [3.8, 4) is 0 Å². The molecule has 0 aromatic heterocycles. The van der Waals surface area contributed by atoms with E-state index in [1.807, 2.05) is 6.08 Å². The van der Waals surface area contributed by atoms with E-state index in [0.29, 0.717) is 5.70 Å². The molecular formula is C7H9N3O2S. The number of nitrogens with one attached hydrogen (secondary N) is 1. The Morgan fingerprint density at radius 3 is 3.08 bits per heavy atom. The lowest BCUT2D eigenvalue weighted by Gasteiger charge is -2.19. The summed E-state index contributed by atoms with van der Waals surface area (Å²) in [6, 6.07) is 0. The van der Waals surface area contributed by atoms with Crippen LogP contribution in [0.4, 0.5) is 0 Å². The molecule has 0 fully saturated rings. The predicted molar refractivity (Wildman–Crippen MR) is 49.1 cm³/mol. The van der Waals surface area contributed by atoms with Crippen LogP contribution in [-0.2, 0) is 10.2 Å². The van der Waals surface area contributed by atoms with Crippen LogP contribution < -0.4 is 10.5 Å². The summed E-state index contributed by atoms with van der Waals surface area (Å²) in [5, 5.41) is 0. The molecule has 0 unspecified atom stereocenters. The minimum absolute atomic E-state index is 0.109. The van der Waals surface area contributed by atoms with Crippen LogP contribution in [-0.4, -0.2) is 14.3 Å². The molecule has 2 aliphatic rings. The second-order valence-electron chi connectivity index (χ2n) is 2.89. The van der Waals surface area contributed by atoms with E-state index in [1.54, 1.807) is 6.08 Å². The Morgan fingerprint density at radius 1 is 1.54 bits per heavy atom. The van der Waals surface area contributed by atoms with Gasteiger partial charge in [-0.15, -0.1) is 4.40 Å². The third kappa shape index (κ3) is 1.44. The average molecular weight is 199 g/mol. The maximum absolute atomic E-state index is 11.1. The quantitative estimate of drug-likeness (QED) is 0.566. The fourth-order valence-corrected chi connectivity index (χ4v) is 2.26. The highest BCUT2D eigenvalue weighted by Gasteiger charge is 2.23. The van der Waals surface area contributed by atoms with E-state index >= 15 is 0 Å². The minimum Gasteiger partial charge on any atom is -0.383 e. The van der Waals surface area contributed by atoms with E-state index in [2.05, 4.69) is 9.12 Å². The standard InChI is InChI=1S/C7H9N3O2S/c8-7-5-3-1-2-4-6(5)9-13(11,12)10-7/h2,4,9H,1,3H2,(H2,8,10). The maximum Gasteiger partial charge on any atom is 0.344 e. The van der Waals surface area contributed by atoms with E-state index in [4.69, 9.17) is 5.73 Å². The fourth-order valence-electron chi connectivity index (χ4n) is 1.37. The lowest BCUT2D eigenvalue weighted by Crippen LogP contribution is -2.33. The van der Waals surface area contributed by atoms with Gasteiger partial charge in [-0.1, -0.05) is 6.08 Å². The third-order valence-corrected chi connectivity index (χ3v) is 2.85. The van der Waals surface area contributed by atoms with E-state index in [1.165, 1.54) is 0 Å². The SMILES string of the molecule is NC1=NS(=O)(=O)NC2=C1CCC=C2. The number of rotatable bonds is 0. The molecule has 0 aromatic rings. The van der Waals surface area contributed by atoms with E-state index in [0.717, 1.165) is 18.4 Å². The Kier molecular flexibility index (Phi) is 1.66.